The summed E-state index contributed by atoms with van der Waals surface area (Å²) in [6.07, 6.45) is 0. The van der Waals surface area contributed by atoms with Crippen LogP contribution in [0.3, 0.4) is 0 Å². The lowest BCUT2D eigenvalue weighted by molar-refractivity contribution is 0.0697. The van der Waals surface area contributed by atoms with Crippen LogP contribution in [0.25, 0.3) is 0 Å². The molecule has 0 saturated heterocycles. The first-order valence-electron chi connectivity index (χ1n) is 8.67. The van der Waals surface area contributed by atoms with Gasteiger partial charge >= 0.3 is 5.97 Å². The molecule has 3 aromatic carbocycles. The van der Waals surface area contributed by atoms with E-state index in [9.17, 15) is 4.79 Å². The molecule has 0 heterocycles. The number of carboxylic acids is 1. The molecular weight excluding hydrogens is 378 g/mol. The highest BCUT2D eigenvalue weighted by molar-refractivity contribution is 6.32. The summed E-state index contributed by atoms with van der Waals surface area (Å²) in [6.45, 7) is 0.898. The molecule has 0 aliphatic rings. The maximum Gasteiger partial charge on any atom is 0.335 e. The van der Waals surface area contributed by atoms with Gasteiger partial charge in [-0.15, -0.1) is 0 Å². The first kappa shape index (κ1) is 19.6. The maximum atomic E-state index is 11.2. The monoisotopic (exact) mass is 397 g/mol. The van der Waals surface area contributed by atoms with Crippen LogP contribution in [0.5, 0.6) is 11.5 Å². The van der Waals surface area contributed by atoms with E-state index in [0.29, 0.717) is 35.4 Å². The Morgan fingerprint density at radius 3 is 2.43 bits per heavy atom. The molecule has 0 aromatic heterocycles. The number of anilines is 1. The number of hydrogen-bond donors (Lipinski definition) is 2. The molecule has 0 spiro atoms. The standard InChI is InChI=1S/C22H20ClNO4/c1-27-21-10-8-17(22(25)26)12-19(21)24-13-16-7-9-20(18(23)11-16)28-14-15-5-3-2-4-6-15/h2-12,24H,13-14H2,1H3,(H,25,26). The smallest absolute Gasteiger partial charge is 0.335 e. The number of hydrogen-bond acceptors (Lipinski definition) is 4. The van der Waals surface area contributed by atoms with Crippen molar-refractivity contribution in [2.45, 2.75) is 13.2 Å². The molecule has 0 saturated carbocycles. The number of carboxylic acid groups (broad SMARTS) is 1. The normalized spacial score (nSPS) is 10.4. The molecule has 0 aliphatic carbocycles. The first-order chi connectivity index (χ1) is 13.6. The van der Waals surface area contributed by atoms with E-state index in [0.717, 1.165) is 11.1 Å². The van der Waals surface area contributed by atoms with Crippen molar-refractivity contribution in [3.05, 3.63) is 88.4 Å². The van der Waals surface area contributed by atoms with Gasteiger partial charge in [-0.1, -0.05) is 48.0 Å². The minimum atomic E-state index is -0.992. The molecule has 0 unspecified atom stereocenters. The van der Waals surface area contributed by atoms with Gasteiger partial charge in [-0.3, -0.25) is 0 Å². The van der Waals surface area contributed by atoms with Gasteiger partial charge in [0.05, 0.1) is 23.4 Å². The van der Waals surface area contributed by atoms with Crippen molar-refractivity contribution >= 4 is 23.3 Å². The van der Waals surface area contributed by atoms with Crippen LogP contribution in [0.4, 0.5) is 5.69 Å². The van der Waals surface area contributed by atoms with Gasteiger partial charge in [0, 0.05) is 6.54 Å². The highest BCUT2D eigenvalue weighted by Crippen LogP contribution is 2.29. The van der Waals surface area contributed by atoms with E-state index < -0.39 is 5.97 Å². The first-order valence-corrected chi connectivity index (χ1v) is 9.05. The molecule has 0 fully saturated rings. The molecule has 5 nitrogen and oxygen atoms in total. The van der Waals surface area contributed by atoms with E-state index in [1.165, 1.54) is 13.2 Å². The van der Waals surface area contributed by atoms with Gasteiger partial charge in [-0.2, -0.15) is 0 Å². The number of nitrogens with one attached hydrogen (secondary N) is 1. The number of aromatic carboxylic acids is 1. The maximum absolute atomic E-state index is 11.2. The zero-order chi connectivity index (χ0) is 19.9. The Kier molecular flexibility index (Phi) is 6.40. The minimum Gasteiger partial charge on any atom is -0.495 e. The predicted molar refractivity (Wildman–Crippen MR) is 110 cm³/mol. The molecule has 0 aliphatic heterocycles. The summed E-state index contributed by atoms with van der Waals surface area (Å²) >= 11 is 6.35. The van der Waals surface area contributed by atoms with Gasteiger partial charge in [0.2, 0.25) is 0 Å². The van der Waals surface area contributed by atoms with Crippen LogP contribution >= 0.6 is 11.6 Å². The fraction of sp³-hybridized carbons (Fsp3) is 0.136. The lowest BCUT2D eigenvalue weighted by Crippen LogP contribution is -2.04. The summed E-state index contributed by atoms with van der Waals surface area (Å²) in [5.41, 5.74) is 2.78. The SMILES string of the molecule is COc1ccc(C(=O)O)cc1NCc1ccc(OCc2ccccc2)c(Cl)c1. The number of benzene rings is 3. The van der Waals surface area contributed by atoms with Gasteiger partial charge in [0.25, 0.3) is 0 Å². The number of halogens is 1. The fourth-order valence-corrected chi connectivity index (χ4v) is 2.94. The van der Waals surface area contributed by atoms with Gasteiger partial charge in [-0.25, -0.2) is 4.79 Å². The topological polar surface area (TPSA) is 67.8 Å². The molecular formula is C22H20ClNO4. The Hall–Kier alpha value is -3.18. The molecule has 28 heavy (non-hydrogen) atoms. The molecule has 144 valence electrons. The third-order valence-corrected chi connectivity index (χ3v) is 4.46. The van der Waals surface area contributed by atoms with E-state index in [-0.39, 0.29) is 5.56 Å². The van der Waals surface area contributed by atoms with Crippen molar-refractivity contribution in [1.82, 2.24) is 0 Å². The zero-order valence-electron chi connectivity index (χ0n) is 15.3. The van der Waals surface area contributed by atoms with Crippen molar-refractivity contribution < 1.29 is 19.4 Å². The van der Waals surface area contributed by atoms with E-state index in [4.69, 9.17) is 26.2 Å². The summed E-state index contributed by atoms with van der Waals surface area (Å²) in [5, 5.41) is 12.9. The number of ether oxygens (including phenoxy) is 2. The van der Waals surface area contributed by atoms with Crippen LogP contribution < -0.4 is 14.8 Å². The van der Waals surface area contributed by atoms with Gasteiger partial charge in [-0.05, 0) is 41.5 Å². The Balaban J connectivity index is 1.66. The summed E-state index contributed by atoms with van der Waals surface area (Å²) in [4.78, 5) is 11.2. The lowest BCUT2D eigenvalue weighted by Gasteiger charge is -2.13. The van der Waals surface area contributed by atoms with E-state index >= 15 is 0 Å². The molecule has 3 rings (SSSR count). The van der Waals surface area contributed by atoms with Gasteiger partial charge in [0.1, 0.15) is 18.1 Å². The lowest BCUT2D eigenvalue weighted by atomic mass is 10.1. The summed E-state index contributed by atoms with van der Waals surface area (Å²) in [6, 6.07) is 20.1. The largest absolute Gasteiger partial charge is 0.495 e. The van der Waals surface area contributed by atoms with Crippen molar-refractivity contribution in [3.8, 4) is 11.5 Å². The highest BCUT2D eigenvalue weighted by Gasteiger charge is 2.10. The predicted octanol–water partition coefficient (Wildman–Crippen LogP) is 5.24. The average Bonchev–Trinajstić information content (AvgIpc) is 2.72. The summed E-state index contributed by atoms with van der Waals surface area (Å²) in [5.74, 6) is 0.187. The number of rotatable bonds is 8. The van der Waals surface area contributed by atoms with Crippen molar-refractivity contribution in [2.24, 2.45) is 0 Å². The molecule has 0 bridgehead atoms. The molecule has 0 amide bonds. The van der Waals surface area contributed by atoms with E-state index in [1.54, 1.807) is 12.1 Å². The van der Waals surface area contributed by atoms with Gasteiger partial charge in [0.15, 0.2) is 0 Å². The molecule has 0 radical (unpaired) electrons. The second-order valence-corrected chi connectivity index (χ2v) is 6.52. The molecule has 6 heteroatoms. The van der Waals surface area contributed by atoms with Crippen LogP contribution in [0, 0.1) is 0 Å². The Morgan fingerprint density at radius 2 is 1.75 bits per heavy atom. The molecule has 0 atom stereocenters. The Morgan fingerprint density at radius 1 is 1.00 bits per heavy atom. The van der Waals surface area contributed by atoms with Crippen molar-refractivity contribution in [1.29, 1.82) is 0 Å². The average molecular weight is 398 g/mol. The Labute approximate surface area is 168 Å². The minimum absolute atomic E-state index is 0.186. The third kappa shape index (κ3) is 4.96. The van der Waals surface area contributed by atoms with E-state index in [2.05, 4.69) is 5.32 Å². The second-order valence-electron chi connectivity index (χ2n) is 6.11. The Bertz CT molecular complexity index is 960. The van der Waals surface area contributed by atoms with Crippen LogP contribution in [-0.4, -0.2) is 18.2 Å². The van der Waals surface area contributed by atoms with Crippen LogP contribution in [-0.2, 0) is 13.2 Å². The van der Waals surface area contributed by atoms with Crippen LogP contribution in [0.1, 0.15) is 21.5 Å². The third-order valence-electron chi connectivity index (χ3n) is 4.16. The quantitative estimate of drug-likeness (QED) is 0.544. The molecule has 2 N–H and O–H groups in total. The van der Waals surface area contributed by atoms with Crippen molar-refractivity contribution in [3.63, 3.8) is 0 Å². The fourth-order valence-electron chi connectivity index (χ4n) is 2.68. The van der Waals surface area contributed by atoms with Crippen molar-refractivity contribution in [2.75, 3.05) is 12.4 Å². The second kappa shape index (κ2) is 9.15. The number of carbonyl (C=O) groups is 1. The van der Waals surface area contributed by atoms with Crippen LogP contribution in [0.2, 0.25) is 5.02 Å². The highest BCUT2D eigenvalue weighted by atomic mass is 35.5. The molecule has 3 aromatic rings. The summed E-state index contributed by atoms with van der Waals surface area (Å²) < 4.78 is 11.1. The van der Waals surface area contributed by atoms with E-state index in [1.807, 2.05) is 48.5 Å². The van der Waals surface area contributed by atoms with Gasteiger partial charge < -0.3 is 19.9 Å². The summed E-state index contributed by atoms with van der Waals surface area (Å²) in [7, 11) is 1.54. The number of methoxy groups -OCH3 is 1. The van der Waals surface area contributed by atoms with Crippen LogP contribution in [0.15, 0.2) is 66.7 Å². The zero-order valence-corrected chi connectivity index (χ0v) is 16.1.